The van der Waals surface area contributed by atoms with E-state index in [1.54, 1.807) is 36.4 Å². The summed E-state index contributed by atoms with van der Waals surface area (Å²) in [5.74, 6) is 0.457. The van der Waals surface area contributed by atoms with Crippen LogP contribution in [0.15, 0.2) is 89.8 Å². The zero-order chi connectivity index (χ0) is 16.1. The lowest BCUT2D eigenvalue weighted by Crippen LogP contribution is -2.02. The summed E-state index contributed by atoms with van der Waals surface area (Å²) in [6, 6.07) is 25.9. The highest BCUT2D eigenvalue weighted by Crippen LogP contribution is 2.15. The quantitative estimate of drug-likeness (QED) is 0.659. The zero-order valence-electron chi connectivity index (χ0n) is 12.5. The summed E-state index contributed by atoms with van der Waals surface area (Å²) >= 11 is 0. The zero-order valence-corrected chi connectivity index (χ0v) is 13.3. The predicted molar refractivity (Wildman–Crippen MR) is 92.9 cm³/mol. The molecule has 0 aliphatic carbocycles. The highest BCUT2D eigenvalue weighted by Gasteiger charge is 2.10. The largest absolute Gasteiger partial charge is 0.289 e. The van der Waals surface area contributed by atoms with Gasteiger partial charge in [-0.15, -0.1) is 0 Å². The van der Waals surface area contributed by atoms with Gasteiger partial charge in [-0.2, -0.15) is 0 Å². The molecule has 3 aromatic carbocycles. The van der Waals surface area contributed by atoms with Crippen LogP contribution in [0.2, 0.25) is 0 Å². The van der Waals surface area contributed by atoms with Gasteiger partial charge in [0.05, 0.1) is 16.6 Å². The molecule has 0 spiro atoms. The Labute approximate surface area is 138 Å². The Morgan fingerprint density at radius 2 is 1.22 bits per heavy atom. The summed E-state index contributed by atoms with van der Waals surface area (Å²) in [5.41, 5.74) is 2.30. The molecule has 1 atom stereocenters. The Hall–Kier alpha value is -2.52. The van der Waals surface area contributed by atoms with Crippen molar-refractivity contribution in [2.24, 2.45) is 0 Å². The first-order chi connectivity index (χ1) is 11.2. The van der Waals surface area contributed by atoms with Gasteiger partial charge in [0.2, 0.25) is 0 Å². The van der Waals surface area contributed by atoms with Crippen LogP contribution in [0.1, 0.15) is 21.5 Å². The van der Waals surface area contributed by atoms with Gasteiger partial charge >= 0.3 is 0 Å². The lowest BCUT2D eigenvalue weighted by Gasteiger charge is -2.05. The molecule has 2 nitrogen and oxygen atoms in total. The molecule has 0 heterocycles. The fraction of sp³-hybridized carbons (Fsp3) is 0.0500. The molecule has 0 amide bonds. The molecule has 3 rings (SSSR count). The van der Waals surface area contributed by atoms with Crippen LogP contribution >= 0.6 is 0 Å². The monoisotopic (exact) mass is 320 g/mol. The average Bonchev–Trinajstić information content (AvgIpc) is 2.63. The molecular formula is C20H16O2S. The Kier molecular flexibility index (Phi) is 4.79. The molecule has 0 bridgehead atoms. The van der Waals surface area contributed by atoms with E-state index in [4.69, 9.17) is 0 Å². The number of rotatable bonds is 5. The molecule has 0 aliphatic heterocycles. The predicted octanol–water partition coefficient (Wildman–Crippen LogP) is 4.23. The number of hydrogen-bond acceptors (Lipinski definition) is 2. The average molecular weight is 320 g/mol. The van der Waals surface area contributed by atoms with Crippen molar-refractivity contribution in [1.29, 1.82) is 0 Å². The standard InChI is InChI=1S/C20H16O2S/c21-20(17-9-5-2-6-10-17)18-11-13-19(14-12-18)23(22)15-16-7-3-1-4-8-16/h1-14H,15H2. The van der Waals surface area contributed by atoms with Gasteiger partial charge in [-0.05, 0) is 29.8 Å². The fourth-order valence-electron chi connectivity index (χ4n) is 2.32. The van der Waals surface area contributed by atoms with E-state index in [9.17, 15) is 9.00 Å². The number of carbonyl (C=O) groups is 1. The molecule has 23 heavy (non-hydrogen) atoms. The lowest BCUT2D eigenvalue weighted by molar-refractivity contribution is 0.103. The Balaban J connectivity index is 1.74. The maximum atomic E-state index is 12.4. The van der Waals surface area contributed by atoms with Gasteiger partial charge in [0.25, 0.3) is 0 Å². The molecule has 0 aromatic heterocycles. The topological polar surface area (TPSA) is 34.1 Å². The first-order valence-corrected chi connectivity index (χ1v) is 8.68. The highest BCUT2D eigenvalue weighted by molar-refractivity contribution is 7.84. The van der Waals surface area contributed by atoms with Crippen LogP contribution in [0.3, 0.4) is 0 Å². The van der Waals surface area contributed by atoms with Crippen molar-refractivity contribution >= 4 is 16.6 Å². The second-order valence-electron chi connectivity index (χ2n) is 5.19. The third-order valence-corrected chi connectivity index (χ3v) is 4.95. The van der Waals surface area contributed by atoms with Gasteiger partial charge in [-0.3, -0.25) is 9.00 Å². The van der Waals surface area contributed by atoms with Crippen LogP contribution < -0.4 is 0 Å². The molecule has 0 N–H and O–H groups in total. The van der Waals surface area contributed by atoms with Crippen LogP contribution in [0, 0.1) is 0 Å². The van der Waals surface area contributed by atoms with E-state index in [2.05, 4.69) is 0 Å². The molecule has 0 saturated heterocycles. The van der Waals surface area contributed by atoms with Crippen molar-refractivity contribution in [2.45, 2.75) is 10.6 Å². The minimum atomic E-state index is -1.11. The summed E-state index contributed by atoms with van der Waals surface area (Å²) in [7, 11) is -1.11. The Morgan fingerprint density at radius 3 is 1.83 bits per heavy atom. The second-order valence-corrected chi connectivity index (χ2v) is 6.65. The lowest BCUT2D eigenvalue weighted by atomic mass is 10.0. The van der Waals surface area contributed by atoms with Crippen molar-refractivity contribution in [3.63, 3.8) is 0 Å². The number of benzene rings is 3. The van der Waals surface area contributed by atoms with Crippen LogP contribution in [-0.2, 0) is 16.6 Å². The van der Waals surface area contributed by atoms with Gasteiger partial charge in [-0.25, -0.2) is 0 Å². The van der Waals surface area contributed by atoms with Crippen molar-refractivity contribution in [3.05, 3.63) is 102 Å². The van der Waals surface area contributed by atoms with Crippen molar-refractivity contribution < 1.29 is 9.00 Å². The van der Waals surface area contributed by atoms with E-state index in [1.165, 1.54) is 0 Å². The molecule has 0 saturated carbocycles. The van der Waals surface area contributed by atoms with E-state index >= 15 is 0 Å². The van der Waals surface area contributed by atoms with E-state index in [0.29, 0.717) is 16.9 Å². The van der Waals surface area contributed by atoms with E-state index in [0.717, 1.165) is 10.5 Å². The molecular weight excluding hydrogens is 304 g/mol. The molecule has 1 unspecified atom stereocenters. The highest BCUT2D eigenvalue weighted by atomic mass is 32.2. The van der Waals surface area contributed by atoms with Gasteiger partial charge in [0.1, 0.15) is 0 Å². The first-order valence-electron chi connectivity index (χ1n) is 7.36. The van der Waals surface area contributed by atoms with Crippen LogP contribution in [0.5, 0.6) is 0 Å². The smallest absolute Gasteiger partial charge is 0.193 e. The van der Waals surface area contributed by atoms with E-state index < -0.39 is 10.8 Å². The Morgan fingerprint density at radius 1 is 0.696 bits per heavy atom. The SMILES string of the molecule is O=C(c1ccccc1)c1ccc(S(=O)Cc2ccccc2)cc1. The van der Waals surface area contributed by atoms with Crippen molar-refractivity contribution in [3.8, 4) is 0 Å². The normalized spacial score (nSPS) is 11.8. The number of ketones is 1. The van der Waals surface area contributed by atoms with Crippen LogP contribution in [0.25, 0.3) is 0 Å². The molecule has 114 valence electrons. The maximum Gasteiger partial charge on any atom is 0.193 e. The first kappa shape index (κ1) is 15.4. The molecule has 0 aliphatic rings. The molecule has 3 aromatic rings. The molecule has 0 fully saturated rings. The minimum absolute atomic E-state index is 0.0222. The maximum absolute atomic E-state index is 12.4. The summed E-state index contributed by atoms with van der Waals surface area (Å²) in [5, 5.41) is 0. The van der Waals surface area contributed by atoms with Gasteiger partial charge in [-0.1, -0.05) is 60.7 Å². The van der Waals surface area contributed by atoms with Gasteiger partial charge < -0.3 is 0 Å². The van der Waals surface area contributed by atoms with Gasteiger partial charge in [0, 0.05) is 16.0 Å². The minimum Gasteiger partial charge on any atom is -0.289 e. The summed E-state index contributed by atoms with van der Waals surface area (Å²) in [4.78, 5) is 13.1. The number of carbonyl (C=O) groups excluding carboxylic acids is 1. The van der Waals surface area contributed by atoms with Crippen molar-refractivity contribution in [1.82, 2.24) is 0 Å². The van der Waals surface area contributed by atoms with Crippen LogP contribution in [-0.4, -0.2) is 9.99 Å². The summed E-state index contributed by atoms with van der Waals surface area (Å²) < 4.78 is 12.4. The van der Waals surface area contributed by atoms with Gasteiger partial charge in [0.15, 0.2) is 5.78 Å². The Bertz CT molecular complexity index is 809. The number of hydrogen-bond donors (Lipinski definition) is 0. The third-order valence-electron chi connectivity index (χ3n) is 3.56. The van der Waals surface area contributed by atoms with Crippen LogP contribution in [0.4, 0.5) is 0 Å². The second kappa shape index (κ2) is 7.16. The fourth-order valence-corrected chi connectivity index (χ4v) is 3.42. The molecule has 3 heteroatoms. The van der Waals surface area contributed by atoms with E-state index in [1.807, 2.05) is 48.5 Å². The van der Waals surface area contributed by atoms with Crippen molar-refractivity contribution in [2.75, 3.05) is 0 Å². The van der Waals surface area contributed by atoms with E-state index in [-0.39, 0.29) is 5.78 Å². The third kappa shape index (κ3) is 3.82. The molecule has 0 radical (unpaired) electrons. The summed E-state index contributed by atoms with van der Waals surface area (Å²) in [6.45, 7) is 0. The summed E-state index contributed by atoms with van der Waals surface area (Å²) in [6.07, 6.45) is 0.